The van der Waals surface area contributed by atoms with Gasteiger partial charge >= 0.3 is 0 Å². The Morgan fingerprint density at radius 2 is 1.95 bits per heavy atom. The summed E-state index contributed by atoms with van der Waals surface area (Å²) in [4.78, 5) is 25.2. The van der Waals surface area contributed by atoms with Gasteiger partial charge < -0.3 is 21.7 Å². The van der Waals surface area contributed by atoms with Gasteiger partial charge in [0.15, 0.2) is 0 Å². The number of benzene rings is 1. The van der Waals surface area contributed by atoms with Crippen LogP contribution in [0.2, 0.25) is 0 Å². The van der Waals surface area contributed by atoms with Gasteiger partial charge in [0.1, 0.15) is 0 Å². The van der Waals surface area contributed by atoms with Crippen molar-refractivity contribution in [1.29, 1.82) is 0 Å². The molecule has 1 aromatic carbocycles. The van der Waals surface area contributed by atoms with Crippen LogP contribution in [0.5, 0.6) is 0 Å². The number of anilines is 2. The third-order valence-corrected chi connectivity index (χ3v) is 3.40. The van der Waals surface area contributed by atoms with Crippen LogP contribution in [0.15, 0.2) is 18.2 Å². The topological polar surface area (TPSA) is 101 Å². The molecular weight excluding hydrogens is 256 g/mol. The van der Waals surface area contributed by atoms with Gasteiger partial charge in [-0.15, -0.1) is 0 Å². The van der Waals surface area contributed by atoms with Crippen molar-refractivity contribution in [3.63, 3.8) is 0 Å². The van der Waals surface area contributed by atoms with Crippen molar-refractivity contribution in [3.05, 3.63) is 23.8 Å². The van der Waals surface area contributed by atoms with Crippen LogP contribution in [0, 0.1) is 0 Å². The first-order valence-electron chi connectivity index (χ1n) is 6.74. The molecule has 0 saturated carbocycles. The zero-order valence-electron chi connectivity index (χ0n) is 11.6. The van der Waals surface area contributed by atoms with Crippen molar-refractivity contribution in [2.24, 2.45) is 11.5 Å². The van der Waals surface area contributed by atoms with E-state index in [1.54, 1.807) is 19.1 Å². The Bertz CT molecular complexity index is 522. The van der Waals surface area contributed by atoms with Gasteiger partial charge in [0, 0.05) is 18.7 Å². The fraction of sp³-hybridized carbons (Fsp3) is 0.429. The van der Waals surface area contributed by atoms with E-state index in [0.29, 0.717) is 11.3 Å². The van der Waals surface area contributed by atoms with E-state index in [1.807, 2.05) is 6.07 Å². The molecule has 0 unspecified atom stereocenters. The number of nitrogens with zero attached hydrogens (tertiary/aromatic N) is 1. The average molecular weight is 276 g/mol. The second-order valence-corrected chi connectivity index (χ2v) is 5.07. The summed E-state index contributed by atoms with van der Waals surface area (Å²) in [5, 5.41) is 2.77. The van der Waals surface area contributed by atoms with Crippen LogP contribution in [-0.4, -0.2) is 30.9 Å². The van der Waals surface area contributed by atoms with Crippen molar-refractivity contribution >= 4 is 23.2 Å². The molecule has 0 spiro atoms. The molecule has 1 aliphatic rings. The summed E-state index contributed by atoms with van der Waals surface area (Å²) in [6.07, 6.45) is 2.25. The van der Waals surface area contributed by atoms with Crippen LogP contribution in [-0.2, 0) is 4.79 Å². The van der Waals surface area contributed by atoms with E-state index in [9.17, 15) is 9.59 Å². The highest BCUT2D eigenvalue weighted by Gasteiger charge is 2.19. The van der Waals surface area contributed by atoms with Crippen molar-refractivity contribution < 1.29 is 9.59 Å². The van der Waals surface area contributed by atoms with Gasteiger partial charge in [-0.2, -0.15) is 0 Å². The van der Waals surface area contributed by atoms with Gasteiger partial charge in [0.25, 0.3) is 0 Å². The number of primary amides is 1. The maximum Gasteiger partial charge on any atom is 0.248 e. The lowest BCUT2D eigenvalue weighted by molar-refractivity contribution is -0.117. The molecule has 20 heavy (non-hydrogen) atoms. The zero-order chi connectivity index (χ0) is 14.7. The summed E-state index contributed by atoms with van der Waals surface area (Å²) in [5.41, 5.74) is 12.7. The highest BCUT2D eigenvalue weighted by Crippen LogP contribution is 2.30. The first-order valence-corrected chi connectivity index (χ1v) is 6.74. The number of rotatable bonds is 4. The quantitative estimate of drug-likeness (QED) is 0.752. The summed E-state index contributed by atoms with van der Waals surface area (Å²) in [7, 11) is 0. The molecule has 1 fully saturated rings. The molecule has 1 saturated heterocycles. The zero-order valence-corrected chi connectivity index (χ0v) is 11.6. The number of hydrogen-bond acceptors (Lipinski definition) is 4. The van der Waals surface area contributed by atoms with Gasteiger partial charge in [-0.3, -0.25) is 9.59 Å². The van der Waals surface area contributed by atoms with E-state index >= 15 is 0 Å². The molecule has 1 atom stereocenters. The molecule has 1 aliphatic heterocycles. The Morgan fingerprint density at radius 1 is 1.30 bits per heavy atom. The van der Waals surface area contributed by atoms with Gasteiger partial charge in [0.2, 0.25) is 11.8 Å². The first-order chi connectivity index (χ1) is 9.49. The molecular formula is C14H20N4O2. The van der Waals surface area contributed by atoms with Crippen LogP contribution >= 0.6 is 0 Å². The fourth-order valence-corrected chi connectivity index (χ4v) is 2.27. The van der Waals surface area contributed by atoms with Crippen molar-refractivity contribution in [2.45, 2.75) is 25.8 Å². The maximum absolute atomic E-state index is 11.8. The van der Waals surface area contributed by atoms with Crippen LogP contribution in [0.1, 0.15) is 30.1 Å². The molecule has 6 nitrogen and oxygen atoms in total. The lowest BCUT2D eigenvalue weighted by Crippen LogP contribution is -2.33. The number of amides is 2. The smallest absolute Gasteiger partial charge is 0.248 e. The number of carbonyl (C=O) groups excluding carboxylic acids is 2. The monoisotopic (exact) mass is 276 g/mol. The van der Waals surface area contributed by atoms with E-state index in [2.05, 4.69) is 10.2 Å². The molecule has 5 N–H and O–H groups in total. The minimum Gasteiger partial charge on any atom is -0.370 e. The van der Waals surface area contributed by atoms with E-state index in [0.717, 1.165) is 31.6 Å². The summed E-state index contributed by atoms with van der Waals surface area (Å²) < 4.78 is 0. The van der Waals surface area contributed by atoms with Crippen molar-refractivity contribution in [2.75, 3.05) is 23.3 Å². The summed E-state index contributed by atoms with van der Waals surface area (Å²) in [5.74, 6) is -0.804. The lowest BCUT2D eigenvalue weighted by Gasteiger charge is -2.22. The van der Waals surface area contributed by atoms with E-state index < -0.39 is 11.9 Å². The molecule has 108 valence electrons. The summed E-state index contributed by atoms with van der Waals surface area (Å²) >= 11 is 0. The molecule has 6 heteroatoms. The summed E-state index contributed by atoms with van der Waals surface area (Å²) in [6.45, 7) is 3.50. The van der Waals surface area contributed by atoms with Gasteiger partial charge in [0.05, 0.1) is 17.4 Å². The largest absolute Gasteiger partial charge is 0.370 e. The average Bonchev–Trinajstić information content (AvgIpc) is 2.92. The van der Waals surface area contributed by atoms with Gasteiger partial charge in [-0.25, -0.2) is 0 Å². The molecule has 0 bridgehead atoms. The molecule has 0 aromatic heterocycles. The SMILES string of the molecule is C[C@H](N)C(=O)Nc1cc(C(N)=O)ccc1N1CCCC1. The number of hydrogen-bond donors (Lipinski definition) is 3. The first kappa shape index (κ1) is 14.3. The Hall–Kier alpha value is -2.08. The molecule has 0 aliphatic carbocycles. The Balaban J connectivity index is 2.34. The summed E-state index contributed by atoms with van der Waals surface area (Å²) in [6, 6.07) is 4.49. The van der Waals surface area contributed by atoms with Crippen LogP contribution < -0.4 is 21.7 Å². The van der Waals surface area contributed by atoms with Crippen LogP contribution in [0.25, 0.3) is 0 Å². The lowest BCUT2D eigenvalue weighted by atomic mass is 10.1. The van der Waals surface area contributed by atoms with Crippen LogP contribution in [0.4, 0.5) is 11.4 Å². The highest BCUT2D eigenvalue weighted by molar-refractivity contribution is 6.00. The van der Waals surface area contributed by atoms with E-state index in [-0.39, 0.29) is 5.91 Å². The predicted molar refractivity (Wildman–Crippen MR) is 78.7 cm³/mol. The molecule has 2 rings (SSSR count). The second kappa shape index (κ2) is 5.92. The number of nitrogens with two attached hydrogens (primary N) is 2. The predicted octanol–water partition coefficient (Wildman–Crippen LogP) is 0.671. The number of carbonyl (C=O) groups is 2. The standard InChI is InChI=1S/C14H20N4O2/c1-9(15)14(20)17-11-8-10(13(16)19)4-5-12(11)18-6-2-3-7-18/h4-5,8-9H,2-3,6-7,15H2,1H3,(H2,16,19)(H,17,20)/t9-/m0/s1. The third-order valence-electron chi connectivity index (χ3n) is 3.40. The minimum atomic E-state index is -0.612. The Labute approximate surface area is 118 Å². The highest BCUT2D eigenvalue weighted by atomic mass is 16.2. The van der Waals surface area contributed by atoms with Gasteiger partial charge in [-0.05, 0) is 38.0 Å². The number of nitrogens with one attached hydrogen (secondary N) is 1. The molecule has 2 amide bonds. The molecule has 1 heterocycles. The minimum absolute atomic E-state index is 0.285. The Kier molecular flexibility index (Phi) is 4.24. The van der Waals surface area contributed by atoms with Crippen molar-refractivity contribution in [1.82, 2.24) is 0 Å². The van der Waals surface area contributed by atoms with Gasteiger partial charge in [-0.1, -0.05) is 0 Å². The van der Waals surface area contributed by atoms with E-state index in [1.165, 1.54) is 0 Å². The molecule has 1 aromatic rings. The van der Waals surface area contributed by atoms with E-state index in [4.69, 9.17) is 11.5 Å². The maximum atomic E-state index is 11.8. The fourth-order valence-electron chi connectivity index (χ4n) is 2.27. The van der Waals surface area contributed by atoms with Crippen LogP contribution in [0.3, 0.4) is 0 Å². The molecule has 0 radical (unpaired) electrons. The Morgan fingerprint density at radius 3 is 2.50 bits per heavy atom. The normalized spacial score (nSPS) is 16.0. The van der Waals surface area contributed by atoms with Crippen molar-refractivity contribution in [3.8, 4) is 0 Å². The second-order valence-electron chi connectivity index (χ2n) is 5.07. The third kappa shape index (κ3) is 3.08.